The van der Waals surface area contributed by atoms with E-state index in [1.807, 2.05) is 19.1 Å². The van der Waals surface area contributed by atoms with Crippen molar-refractivity contribution in [1.29, 1.82) is 0 Å². The van der Waals surface area contributed by atoms with Gasteiger partial charge in [0.15, 0.2) is 6.61 Å². The molecule has 5 heteroatoms. The fourth-order valence-corrected chi connectivity index (χ4v) is 2.34. The van der Waals surface area contributed by atoms with Gasteiger partial charge < -0.3 is 19.5 Å². The maximum Gasteiger partial charge on any atom is 0.260 e. The van der Waals surface area contributed by atoms with E-state index in [9.17, 15) is 4.79 Å². The van der Waals surface area contributed by atoms with Gasteiger partial charge in [-0.25, -0.2) is 0 Å². The van der Waals surface area contributed by atoms with Gasteiger partial charge in [0.2, 0.25) is 0 Å². The molecule has 1 aromatic carbocycles. The van der Waals surface area contributed by atoms with Crippen LogP contribution in [-0.4, -0.2) is 48.3 Å². The average molecular weight is 293 g/mol. The number of amides is 1. The molecule has 0 saturated heterocycles. The van der Waals surface area contributed by atoms with Gasteiger partial charge in [0, 0.05) is 12.6 Å². The number of carbonyl (C=O) groups is 1. The number of rotatable bonds is 8. The highest BCUT2D eigenvalue weighted by Crippen LogP contribution is 2.25. The molecule has 1 aromatic rings. The molecule has 1 amide bonds. The van der Waals surface area contributed by atoms with E-state index in [0.29, 0.717) is 18.9 Å². The van der Waals surface area contributed by atoms with Crippen LogP contribution in [0.5, 0.6) is 11.5 Å². The third kappa shape index (κ3) is 4.36. The van der Waals surface area contributed by atoms with Crippen molar-refractivity contribution in [2.45, 2.75) is 32.2 Å². The summed E-state index contributed by atoms with van der Waals surface area (Å²) in [5.74, 6) is 1.36. The number of carbonyl (C=O) groups excluding carboxylic acids is 1. The Bertz CT molecular complexity index is 442. The Labute approximate surface area is 125 Å². The molecule has 0 aromatic heterocycles. The number of hydrogen-bond acceptors (Lipinski definition) is 4. The van der Waals surface area contributed by atoms with Crippen LogP contribution in [0.1, 0.15) is 26.2 Å². The van der Waals surface area contributed by atoms with Crippen molar-refractivity contribution in [3.8, 4) is 11.5 Å². The van der Waals surface area contributed by atoms with Gasteiger partial charge in [0.1, 0.15) is 11.5 Å². The van der Waals surface area contributed by atoms with E-state index in [0.717, 1.165) is 25.0 Å². The van der Waals surface area contributed by atoms with Crippen LogP contribution in [0.4, 0.5) is 0 Å². The van der Waals surface area contributed by atoms with Gasteiger partial charge in [-0.05, 0) is 50.5 Å². The molecule has 1 N–H and O–H groups in total. The molecule has 1 aliphatic carbocycles. The van der Waals surface area contributed by atoms with Crippen molar-refractivity contribution in [3.05, 3.63) is 24.3 Å². The highest BCUT2D eigenvalue weighted by Gasteiger charge is 2.28. The molecule has 0 aliphatic heterocycles. The van der Waals surface area contributed by atoms with Gasteiger partial charge in [0.05, 0.1) is 13.2 Å². The zero-order chi connectivity index (χ0) is 15.1. The highest BCUT2D eigenvalue weighted by molar-refractivity contribution is 5.78. The summed E-state index contributed by atoms with van der Waals surface area (Å²) in [5.41, 5.74) is 0. The summed E-state index contributed by atoms with van der Waals surface area (Å²) < 4.78 is 10.9. The Balaban J connectivity index is 1.84. The minimum absolute atomic E-state index is 0.00445. The second-order valence-electron chi connectivity index (χ2n) is 5.09. The first-order chi connectivity index (χ1) is 10.2. The Hall–Kier alpha value is -1.75. The van der Waals surface area contributed by atoms with Crippen LogP contribution in [-0.2, 0) is 4.79 Å². The SMILES string of the molecule is CCOc1ccc(OCC(=O)N(CCO)C2CCC2)cc1. The molecule has 0 radical (unpaired) electrons. The largest absolute Gasteiger partial charge is 0.494 e. The highest BCUT2D eigenvalue weighted by atomic mass is 16.5. The molecule has 5 nitrogen and oxygen atoms in total. The number of aliphatic hydroxyl groups excluding tert-OH is 1. The Morgan fingerprint density at radius 3 is 2.33 bits per heavy atom. The first-order valence-electron chi connectivity index (χ1n) is 7.50. The summed E-state index contributed by atoms with van der Waals surface area (Å²) in [6.07, 6.45) is 3.20. The van der Waals surface area contributed by atoms with Crippen LogP contribution in [0.3, 0.4) is 0 Å². The first kappa shape index (κ1) is 15.6. The molecule has 1 fully saturated rings. The van der Waals surface area contributed by atoms with Crippen LogP contribution >= 0.6 is 0 Å². The molecule has 2 rings (SSSR count). The van der Waals surface area contributed by atoms with E-state index in [-0.39, 0.29) is 25.2 Å². The van der Waals surface area contributed by atoms with E-state index in [1.54, 1.807) is 17.0 Å². The van der Waals surface area contributed by atoms with Gasteiger partial charge in [0.25, 0.3) is 5.91 Å². The zero-order valence-electron chi connectivity index (χ0n) is 12.5. The molecule has 116 valence electrons. The molecule has 0 unspecified atom stereocenters. The first-order valence-corrected chi connectivity index (χ1v) is 7.50. The molecular weight excluding hydrogens is 270 g/mol. The Morgan fingerprint density at radius 1 is 1.24 bits per heavy atom. The van der Waals surface area contributed by atoms with Crippen molar-refractivity contribution in [2.75, 3.05) is 26.4 Å². The zero-order valence-corrected chi connectivity index (χ0v) is 12.5. The summed E-state index contributed by atoms with van der Waals surface area (Å²) in [6, 6.07) is 7.49. The molecule has 0 spiro atoms. The van der Waals surface area contributed by atoms with Gasteiger partial charge in [-0.3, -0.25) is 4.79 Å². The monoisotopic (exact) mass is 293 g/mol. The Morgan fingerprint density at radius 2 is 1.86 bits per heavy atom. The lowest BCUT2D eigenvalue weighted by molar-refractivity contribution is -0.138. The second kappa shape index (κ2) is 7.88. The van der Waals surface area contributed by atoms with Crippen molar-refractivity contribution in [2.24, 2.45) is 0 Å². The van der Waals surface area contributed by atoms with Crippen LogP contribution in [0.2, 0.25) is 0 Å². The Kier molecular flexibility index (Phi) is 5.87. The molecule has 0 atom stereocenters. The number of aliphatic hydroxyl groups is 1. The van der Waals surface area contributed by atoms with E-state index in [1.165, 1.54) is 0 Å². The standard InChI is InChI=1S/C16H23NO4/c1-2-20-14-6-8-15(9-7-14)21-12-16(19)17(10-11-18)13-4-3-5-13/h6-9,13,18H,2-5,10-12H2,1H3. The maximum atomic E-state index is 12.2. The third-order valence-corrected chi connectivity index (χ3v) is 3.67. The average Bonchev–Trinajstić information content (AvgIpc) is 2.44. The number of hydrogen-bond donors (Lipinski definition) is 1. The molecular formula is C16H23NO4. The second-order valence-corrected chi connectivity index (χ2v) is 5.09. The number of benzene rings is 1. The topological polar surface area (TPSA) is 59.0 Å². The summed E-state index contributed by atoms with van der Waals surface area (Å²) in [5, 5.41) is 9.07. The summed E-state index contributed by atoms with van der Waals surface area (Å²) >= 11 is 0. The summed E-state index contributed by atoms with van der Waals surface area (Å²) in [4.78, 5) is 13.9. The van der Waals surface area contributed by atoms with E-state index in [2.05, 4.69) is 0 Å². The van der Waals surface area contributed by atoms with Crippen LogP contribution < -0.4 is 9.47 Å². The van der Waals surface area contributed by atoms with Crippen molar-refractivity contribution < 1.29 is 19.4 Å². The van der Waals surface area contributed by atoms with Gasteiger partial charge in [-0.2, -0.15) is 0 Å². The van der Waals surface area contributed by atoms with Crippen molar-refractivity contribution in [1.82, 2.24) is 4.90 Å². The maximum absolute atomic E-state index is 12.2. The lowest BCUT2D eigenvalue weighted by atomic mass is 9.91. The minimum Gasteiger partial charge on any atom is -0.494 e. The van der Waals surface area contributed by atoms with Gasteiger partial charge >= 0.3 is 0 Å². The molecule has 1 saturated carbocycles. The predicted octanol–water partition coefficient (Wildman–Crippen LogP) is 1.84. The quantitative estimate of drug-likeness (QED) is 0.794. The third-order valence-electron chi connectivity index (χ3n) is 3.67. The fourth-order valence-electron chi connectivity index (χ4n) is 2.34. The smallest absolute Gasteiger partial charge is 0.260 e. The molecule has 0 bridgehead atoms. The van der Waals surface area contributed by atoms with E-state index in [4.69, 9.17) is 14.6 Å². The van der Waals surface area contributed by atoms with Gasteiger partial charge in [-0.1, -0.05) is 0 Å². The lowest BCUT2D eigenvalue weighted by Gasteiger charge is -2.37. The van der Waals surface area contributed by atoms with Crippen molar-refractivity contribution in [3.63, 3.8) is 0 Å². The van der Waals surface area contributed by atoms with Crippen LogP contribution in [0.15, 0.2) is 24.3 Å². The summed E-state index contributed by atoms with van der Waals surface area (Å²) in [7, 11) is 0. The fraction of sp³-hybridized carbons (Fsp3) is 0.562. The summed E-state index contributed by atoms with van der Waals surface area (Å²) in [6.45, 7) is 2.93. The minimum atomic E-state index is -0.0670. The van der Waals surface area contributed by atoms with Crippen LogP contribution in [0, 0.1) is 0 Å². The molecule has 21 heavy (non-hydrogen) atoms. The molecule has 0 heterocycles. The number of nitrogens with zero attached hydrogens (tertiary/aromatic N) is 1. The van der Waals surface area contributed by atoms with Gasteiger partial charge in [-0.15, -0.1) is 0 Å². The number of ether oxygens (including phenoxy) is 2. The van der Waals surface area contributed by atoms with E-state index < -0.39 is 0 Å². The molecule has 1 aliphatic rings. The van der Waals surface area contributed by atoms with Crippen LogP contribution in [0.25, 0.3) is 0 Å². The normalized spacial score (nSPS) is 14.4. The van der Waals surface area contributed by atoms with Crippen molar-refractivity contribution >= 4 is 5.91 Å². The lowest BCUT2D eigenvalue weighted by Crippen LogP contribution is -2.47. The van der Waals surface area contributed by atoms with E-state index >= 15 is 0 Å². The predicted molar refractivity (Wildman–Crippen MR) is 79.5 cm³/mol.